The molecule has 0 aliphatic rings. The van der Waals surface area contributed by atoms with Gasteiger partial charge in [-0.3, -0.25) is 0 Å². The molecule has 4 nitrogen and oxygen atoms in total. The standard InChI is InChI=1S/C22H12S2.C22H12Se2.C12H13NO2S2.H3N/c2*1-3-7-15-11-19-17(9-13(15)5-1)21-22(23-19)18-10-14-6-2-4-8-16(14)12-20(18)24-21;1-13(2)11-7-3-6-10-9(11)5-4-8-12(10)17(14,15)16;/h2*1-12H;3-8H,1-2H3,(H,14,15,16);1H3/i/hT2D. The zero-order valence-electron chi connectivity index (χ0n) is 38.5. The van der Waals surface area contributed by atoms with Gasteiger partial charge in [-0.1, -0.05) is 72.8 Å². The fourth-order valence-electron chi connectivity index (χ4n) is 9.14. The maximum Gasteiger partial charge on any atom is 0.0542 e. The van der Waals surface area contributed by atoms with Crippen LogP contribution in [0.15, 0.2) is 187 Å². The fourth-order valence-corrected chi connectivity index (χ4v) is 19.4. The summed E-state index contributed by atoms with van der Waals surface area (Å²) in [5.74, 6) is 0. The van der Waals surface area contributed by atoms with Crippen molar-refractivity contribution in [3.63, 3.8) is 0 Å². The third-order valence-corrected chi connectivity index (χ3v) is 21.8. The van der Waals surface area contributed by atoms with Gasteiger partial charge in [-0.05, 0) is 57.9 Å². The van der Waals surface area contributed by atoms with Crippen LogP contribution in [0.25, 0.3) is 111 Å². The zero-order valence-corrected chi connectivity index (χ0v) is 42.2. The minimum absolute atomic E-state index is 0.250. The van der Waals surface area contributed by atoms with E-state index in [2.05, 4.69) is 157 Å². The third-order valence-electron chi connectivity index (χ3n) is 12.2. The Hall–Kier alpha value is -5.45. The summed E-state index contributed by atoms with van der Waals surface area (Å²) < 4.78 is 50.5. The topological polar surface area (TPSA) is 75.5 Å². The Labute approximate surface area is 410 Å². The summed E-state index contributed by atoms with van der Waals surface area (Å²) in [6.45, 7) is 0. The van der Waals surface area contributed by atoms with E-state index in [1.807, 2.05) is 65.9 Å². The Morgan fingerprint density at radius 2 is 0.894 bits per heavy atom. The Morgan fingerprint density at radius 1 is 0.530 bits per heavy atom. The minimum atomic E-state index is -3.36. The molecule has 0 aliphatic heterocycles. The molecule has 14 aromatic rings. The quantitative estimate of drug-likeness (QED) is 0.169. The molecule has 1 unspecified atom stereocenters. The van der Waals surface area contributed by atoms with Gasteiger partial charge in [-0.15, -0.1) is 22.7 Å². The number of hydrogen-bond acceptors (Lipinski definition) is 6. The average molecular weight is 1060 g/mol. The molecule has 0 amide bonds. The molecule has 0 saturated heterocycles. The van der Waals surface area contributed by atoms with Gasteiger partial charge in [0.1, 0.15) is 4.24 Å². The minimum Gasteiger partial charge on any atom is -0.134 e. The van der Waals surface area contributed by atoms with Gasteiger partial charge in [0.15, 0.2) is 8.77 Å². The molecule has 10 heteroatoms. The average Bonchev–Trinajstić information content (AvgIpc) is 4.08. The van der Waals surface area contributed by atoms with Gasteiger partial charge >= 0.3 is 151 Å². The SMILES string of the molecule is CN(C)c1cccc2c(S(=O)(O)=S)cccc12.[2H]N([3H])[3H].c1ccc2cc3c(cc2c1)[se]c1c2cc4ccccc4cc2[se]c31.c1ccc2cc3c(cc2c1)sc1c2cc4ccccc4cc2sc31. The van der Waals surface area contributed by atoms with Crippen LogP contribution in [0.4, 0.5) is 5.69 Å². The van der Waals surface area contributed by atoms with Gasteiger partial charge in [0.2, 0.25) is 0 Å². The van der Waals surface area contributed by atoms with E-state index < -0.39 is 8.77 Å². The van der Waals surface area contributed by atoms with E-state index >= 15 is 0 Å². The number of rotatable bonds is 2. The summed E-state index contributed by atoms with van der Waals surface area (Å²) in [6.07, 6.45) is -0.250. The van der Waals surface area contributed by atoms with Crippen LogP contribution in [0.5, 0.6) is 0 Å². The van der Waals surface area contributed by atoms with E-state index in [1.54, 1.807) is 29.2 Å². The van der Waals surface area contributed by atoms with Gasteiger partial charge in [-0.25, -0.2) is 4.21 Å². The summed E-state index contributed by atoms with van der Waals surface area (Å²) in [6, 6.07) is 64.9. The molecule has 0 radical (unpaired) electrons. The van der Waals surface area contributed by atoms with E-state index in [0.717, 1.165) is 16.5 Å². The molecule has 0 fully saturated rings. The molecule has 14 rings (SSSR count). The maximum atomic E-state index is 11.6. The molecular formula is C56H40N2O2S4Se2. The molecule has 0 bridgehead atoms. The van der Waals surface area contributed by atoms with Crippen LogP contribution in [0.1, 0.15) is 0 Å². The van der Waals surface area contributed by atoms with Crippen molar-refractivity contribution in [2.24, 2.45) is 0 Å². The largest absolute Gasteiger partial charge is 0.134 e. The van der Waals surface area contributed by atoms with Gasteiger partial charge in [0.05, 0.1) is 14.3 Å². The summed E-state index contributed by atoms with van der Waals surface area (Å²) in [7, 11) is 0.515. The van der Waals surface area contributed by atoms with Crippen LogP contribution >= 0.6 is 22.7 Å². The summed E-state index contributed by atoms with van der Waals surface area (Å²) in [4.78, 5) is 2.28. The molecular weight excluding hydrogens is 1020 g/mol. The number of thiophene rings is 2. The Kier molecular flexibility index (Phi) is 10.2. The summed E-state index contributed by atoms with van der Waals surface area (Å²) >= 11 is 9.42. The van der Waals surface area contributed by atoms with Crippen LogP contribution in [0.3, 0.4) is 0 Å². The molecule has 0 aliphatic carbocycles. The number of nitrogens with zero attached hydrogens (tertiary/aromatic N) is 1. The number of anilines is 1. The first-order valence-electron chi connectivity index (χ1n) is 22.5. The fraction of sp³-hybridized carbons (Fsp3) is 0.0357. The van der Waals surface area contributed by atoms with Crippen molar-refractivity contribution in [2.45, 2.75) is 4.90 Å². The van der Waals surface area contributed by atoms with Crippen molar-refractivity contribution in [2.75, 3.05) is 19.0 Å². The molecule has 4 heterocycles. The van der Waals surface area contributed by atoms with Crippen molar-refractivity contribution in [3.05, 3.63) is 182 Å². The number of hydrogen-bond donors (Lipinski definition) is 2. The van der Waals surface area contributed by atoms with Gasteiger partial charge in [0, 0.05) is 61.9 Å². The van der Waals surface area contributed by atoms with Crippen LogP contribution < -0.4 is 11.0 Å². The van der Waals surface area contributed by atoms with E-state index in [0.29, 0.717) is 33.9 Å². The Morgan fingerprint density at radius 3 is 1.30 bits per heavy atom. The third kappa shape index (κ3) is 7.52. The smallest absolute Gasteiger partial charge is 0.0542 e. The first-order chi connectivity index (χ1) is 33.4. The maximum absolute atomic E-state index is 11.6. The molecule has 322 valence electrons. The van der Waals surface area contributed by atoms with Crippen molar-refractivity contribution >= 4 is 189 Å². The normalized spacial score (nSPS) is 13.2. The summed E-state index contributed by atoms with van der Waals surface area (Å²) in [5, 5.41) is 18.3. The van der Waals surface area contributed by atoms with Gasteiger partial charge in [0.25, 0.3) is 0 Å². The summed E-state index contributed by atoms with van der Waals surface area (Å²) in [5.41, 5.74) is 1.00. The van der Waals surface area contributed by atoms with E-state index in [-0.39, 0.29) is 6.13 Å². The molecule has 4 aromatic heterocycles. The van der Waals surface area contributed by atoms with Crippen molar-refractivity contribution in [1.82, 2.24) is 6.13 Å². The van der Waals surface area contributed by atoms with E-state index in [1.165, 1.54) is 83.4 Å². The van der Waals surface area contributed by atoms with E-state index in [9.17, 15) is 8.76 Å². The molecule has 1 atom stereocenters. The Bertz CT molecular complexity index is 3970. The first-order valence-corrected chi connectivity index (χ1v) is 28.6. The zero-order chi connectivity index (χ0) is 47.6. The molecule has 0 saturated carbocycles. The van der Waals surface area contributed by atoms with Gasteiger partial charge < -0.3 is 15.6 Å². The van der Waals surface area contributed by atoms with E-state index in [4.69, 9.17) is 4.24 Å². The second-order valence-electron chi connectivity index (χ2n) is 16.5. The van der Waals surface area contributed by atoms with Crippen molar-refractivity contribution in [3.8, 4) is 0 Å². The predicted octanol–water partition coefficient (Wildman–Crippen LogP) is 15.8. The van der Waals surface area contributed by atoms with Crippen molar-refractivity contribution in [1.29, 1.82) is 0 Å². The number of fused-ring (bicyclic) bond motifs is 15. The predicted molar refractivity (Wildman–Crippen MR) is 297 cm³/mol. The van der Waals surface area contributed by atoms with Crippen molar-refractivity contribution < 1.29 is 13.0 Å². The van der Waals surface area contributed by atoms with Gasteiger partial charge in [-0.2, -0.15) is 0 Å². The molecule has 66 heavy (non-hydrogen) atoms. The Balaban J connectivity index is 0.000000111. The molecule has 4 N–H and O–H groups in total. The monoisotopic (exact) mass is 1070 g/mol. The van der Waals surface area contributed by atoms with Crippen LogP contribution in [-0.4, -0.2) is 51.9 Å². The van der Waals surface area contributed by atoms with Crippen LogP contribution in [0, 0.1) is 0 Å². The van der Waals surface area contributed by atoms with Crippen LogP contribution in [0.2, 0.25) is 4.24 Å². The van der Waals surface area contributed by atoms with Crippen LogP contribution in [-0.2, 0) is 20.0 Å². The molecule has 0 spiro atoms. The number of benzene rings is 10. The first kappa shape index (κ1) is 39.7. The molecule has 10 aromatic carbocycles. The second kappa shape index (κ2) is 17.0. The second-order valence-corrected chi connectivity index (χ2v) is 25.8.